The van der Waals surface area contributed by atoms with Gasteiger partial charge in [0.05, 0.1) is 20.3 Å². The number of ether oxygens (including phenoxy) is 3. The monoisotopic (exact) mass is 357 g/mol. The molecular weight excluding hydrogens is 330 g/mol. The molecule has 2 atom stereocenters. The van der Waals surface area contributed by atoms with Gasteiger partial charge in [-0.15, -0.1) is 0 Å². The molecule has 26 heavy (non-hydrogen) atoms. The number of nitrogens with one attached hydrogen (secondary N) is 1. The van der Waals surface area contributed by atoms with Gasteiger partial charge in [-0.25, -0.2) is 0 Å². The molecule has 2 aromatic rings. The van der Waals surface area contributed by atoms with Crippen molar-refractivity contribution in [2.45, 2.75) is 39.3 Å². The van der Waals surface area contributed by atoms with Crippen LogP contribution in [0.3, 0.4) is 0 Å². The van der Waals surface area contributed by atoms with Gasteiger partial charge in [0.2, 0.25) is 0 Å². The van der Waals surface area contributed by atoms with Crippen molar-refractivity contribution in [1.82, 2.24) is 5.32 Å². The maximum absolute atomic E-state index is 12.6. The summed E-state index contributed by atoms with van der Waals surface area (Å²) in [6.07, 6.45) is 0.166. The van der Waals surface area contributed by atoms with Gasteiger partial charge < -0.3 is 19.5 Å². The number of hydrogen-bond acceptors (Lipinski definition) is 4. The highest BCUT2D eigenvalue weighted by molar-refractivity contribution is 5.81. The van der Waals surface area contributed by atoms with Gasteiger partial charge in [-0.3, -0.25) is 4.79 Å². The Bertz CT molecular complexity index is 745. The van der Waals surface area contributed by atoms with Gasteiger partial charge in [-0.1, -0.05) is 25.1 Å². The molecule has 1 amide bonds. The molecule has 0 aliphatic rings. The lowest BCUT2D eigenvalue weighted by molar-refractivity contribution is -0.128. The van der Waals surface area contributed by atoms with E-state index < -0.39 is 6.10 Å². The van der Waals surface area contributed by atoms with Crippen molar-refractivity contribution in [3.8, 4) is 17.2 Å². The lowest BCUT2D eigenvalue weighted by Crippen LogP contribution is -2.38. The van der Waals surface area contributed by atoms with Crippen molar-refractivity contribution in [2.24, 2.45) is 0 Å². The zero-order valence-corrected chi connectivity index (χ0v) is 16.0. The topological polar surface area (TPSA) is 56.8 Å². The normalized spacial score (nSPS) is 12.8. The number of carbonyl (C=O) groups is 1. The molecule has 2 rings (SSSR count). The van der Waals surface area contributed by atoms with E-state index in [0.29, 0.717) is 11.5 Å². The van der Waals surface area contributed by atoms with E-state index in [4.69, 9.17) is 14.2 Å². The van der Waals surface area contributed by atoms with Gasteiger partial charge in [0, 0.05) is 6.07 Å². The molecule has 0 aromatic heterocycles. The van der Waals surface area contributed by atoms with E-state index in [0.717, 1.165) is 23.3 Å². The first-order valence-corrected chi connectivity index (χ1v) is 8.74. The van der Waals surface area contributed by atoms with Gasteiger partial charge in [0.15, 0.2) is 6.10 Å². The van der Waals surface area contributed by atoms with Crippen LogP contribution < -0.4 is 19.5 Å². The minimum absolute atomic E-state index is 0.0801. The third-order valence-electron chi connectivity index (χ3n) is 4.27. The average Bonchev–Trinajstić information content (AvgIpc) is 2.65. The Balaban J connectivity index is 2.04. The summed E-state index contributed by atoms with van der Waals surface area (Å²) in [4.78, 5) is 12.6. The minimum atomic E-state index is -0.615. The number of amides is 1. The number of hydrogen-bond donors (Lipinski definition) is 1. The molecule has 140 valence electrons. The second-order valence-electron chi connectivity index (χ2n) is 6.14. The Morgan fingerprint density at radius 1 is 1.08 bits per heavy atom. The molecule has 1 N–H and O–H groups in total. The molecule has 0 aliphatic heterocycles. The highest BCUT2D eigenvalue weighted by Crippen LogP contribution is 2.25. The van der Waals surface area contributed by atoms with Crippen molar-refractivity contribution < 1.29 is 19.0 Å². The standard InChI is InChI=1S/C21H27NO4/c1-6-19(16-10-11-20(25-5)14(2)12-16)22-21(23)15(3)26-18-9-7-8-17(13-18)24-4/h7-13,15,19H,6H2,1-5H3,(H,22,23). The van der Waals surface area contributed by atoms with Crippen LogP contribution in [0.4, 0.5) is 0 Å². The predicted molar refractivity (Wildman–Crippen MR) is 102 cm³/mol. The molecule has 5 heteroatoms. The van der Waals surface area contributed by atoms with Crippen LogP contribution in [0.2, 0.25) is 0 Å². The molecule has 0 fully saturated rings. The first kappa shape index (κ1) is 19.6. The Kier molecular flexibility index (Phi) is 6.89. The summed E-state index contributed by atoms with van der Waals surface area (Å²) in [5.74, 6) is 1.97. The molecule has 0 heterocycles. The molecule has 0 saturated heterocycles. The smallest absolute Gasteiger partial charge is 0.261 e. The van der Waals surface area contributed by atoms with Crippen molar-refractivity contribution in [3.05, 3.63) is 53.6 Å². The summed E-state index contributed by atoms with van der Waals surface area (Å²) in [6.45, 7) is 5.77. The van der Waals surface area contributed by atoms with E-state index in [-0.39, 0.29) is 11.9 Å². The van der Waals surface area contributed by atoms with Crippen molar-refractivity contribution in [1.29, 1.82) is 0 Å². The van der Waals surface area contributed by atoms with Gasteiger partial charge in [-0.05, 0) is 49.6 Å². The van der Waals surface area contributed by atoms with Crippen LogP contribution in [0.25, 0.3) is 0 Å². The Hall–Kier alpha value is -2.69. The van der Waals surface area contributed by atoms with Gasteiger partial charge in [-0.2, -0.15) is 0 Å². The Morgan fingerprint density at radius 2 is 1.81 bits per heavy atom. The fourth-order valence-electron chi connectivity index (χ4n) is 2.76. The summed E-state index contributed by atoms with van der Waals surface area (Å²) in [5.41, 5.74) is 2.09. The van der Waals surface area contributed by atoms with Crippen LogP contribution in [0, 0.1) is 6.92 Å². The molecule has 5 nitrogen and oxygen atoms in total. The molecule has 0 aliphatic carbocycles. The number of benzene rings is 2. The van der Waals surface area contributed by atoms with E-state index in [1.54, 1.807) is 33.3 Å². The van der Waals surface area contributed by atoms with E-state index in [1.165, 1.54) is 0 Å². The predicted octanol–water partition coefficient (Wildman–Crippen LogP) is 4.05. The maximum Gasteiger partial charge on any atom is 0.261 e. The van der Waals surface area contributed by atoms with Crippen LogP contribution in [0.1, 0.15) is 37.4 Å². The summed E-state index contributed by atoms with van der Waals surface area (Å²) < 4.78 is 16.2. The highest BCUT2D eigenvalue weighted by atomic mass is 16.5. The zero-order valence-electron chi connectivity index (χ0n) is 16.0. The van der Waals surface area contributed by atoms with E-state index in [9.17, 15) is 4.79 Å². The lowest BCUT2D eigenvalue weighted by Gasteiger charge is -2.22. The fourth-order valence-corrected chi connectivity index (χ4v) is 2.76. The average molecular weight is 357 g/mol. The third kappa shape index (κ3) is 4.91. The summed E-state index contributed by atoms with van der Waals surface area (Å²) in [7, 11) is 3.25. The number of carbonyl (C=O) groups excluding carboxylic acids is 1. The van der Waals surface area contributed by atoms with Crippen LogP contribution in [0.15, 0.2) is 42.5 Å². The van der Waals surface area contributed by atoms with Gasteiger partial charge in [0.25, 0.3) is 5.91 Å². The van der Waals surface area contributed by atoms with Crippen molar-refractivity contribution in [2.75, 3.05) is 14.2 Å². The van der Waals surface area contributed by atoms with Crippen LogP contribution in [-0.4, -0.2) is 26.2 Å². The third-order valence-corrected chi connectivity index (χ3v) is 4.27. The molecule has 0 spiro atoms. The van der Waals surface area contributed by atoms with Crippen LogP contribution in [0.5, 0.6) is 17.2 Å². The minimum Gasteiger partial charge on any atom is -0.497 e. The van der Waals surface area contributed by atoms with Gasteiger partial charge >= 0.3 is 0 Å². The molecule has 0 radical (unpaired) electrons. The van der Waals surface area contributed by atoms with Gasteiger partial charge in [0.1, 0.15) is 17.2 Å². The molecule has 2 aromatic carbocycles. The lowest BCUT2D eigenvalue weighted by atomic mass is 10.0. The first-order valence-electron chi connectivity index (χ1n) is 8.74. The van der Waals surface area contributed by atoms with E-state index in [2.05, 4.69) is 5.32 Å². The number of rotatable bonds is 8. The molecule has 0 bridgehead atoms. The zero-order chi connectivity index (χ0) is 19.1. The largest absolute Gasteiger partial charge is 0.497 e. The van der Waals surface area contributed by atoms with Crippen molar-refractivity contribution >= 4 is 5.91 Å². The Labute approximate surface area is 155 Å². The number of aryl methyl sites for hydroxylation is 1. The summed E-state index contributed by atoms with van der Waals surface area (Å²) in [5, 5.41) is 3.06. The van der Waals surface area contributed by atoms with E-state index >= 15 is 0 Å². The SMILES string of the molecule is CCC(NC(=O)C(C)Oc1cccc(OC)c1)c1ccc(OC)c(C)c1. The van der Waals surface area contributed by atoms with Crippen LogP contribution >= 0.6 is 0 Å². The fraction of sp³-hybridized carbons (Fsp3) is 0.381. The van der Waals surface area contributed by atoms with Crippen molar-refractivity contribution in [3.63, 3.8) is 0 Å². The summed E-state index contributed by atoms with van der Waals surface area (Å²) >= 11 is 0. The van der Waals surface area contributed by atoms with E-state index in [1.807, 2.05) is 44.2 Å². The second kappa shape index (κ2) is 9.13. The molecule has 0 saturated carbocycles. The molecule has 2 unspecified atom stereocenters. The summed E-state index contributed by atoms with van der Waals surface area (Å²) in [6, 6.07) is 13.1. The number of methoxy groups -OCH3 is 2. The second-order valence-corrected chi connectivity index (χ2v) is 6.14. The van der Waals surface area contributed by atoms with Crippen LogP contribution in [-0.2, 0) is 4.79 Å². The quantitative estimate of drug-likeness (QED) is 0.774. The first-order chi connectivity index (χ1) is 12.5. The highest BCUT2D eigenvalue weighted by Gasteiger charge is 2.20. The Morgan fingerprint density at radius 3 is 2.42 bits per heavy atom. The maximum atomic E-state index is 12.6. The molecular formula is C21H27NO4.